The van der Waals surface area contributed by atoms with Crippen molar-refractivity contribution in [2.75, 3.05) is 45.9 Å². The fourth-order valence-electron chi connectivity index (χ4n) is 2.82. The molecule has 1 aliphatic rings. The molecule has 0 aromatic heterocycles. The molecule has 1 saturated heterocycles. The van der Waals surface area contributed by atoms with Gasteiger partial charge in [0.25, 0.3) is 0 Å². The van der Waals surface area contributed by atoms with Gasteiger partial charge in [-0.2, -0.15) is 0 Å². The summed E-state index contributed by atoms with van der Waals surface area (Å²) in [4.78, 5) is 2.64. The maximum Gasteiger partial charge on any atom is 0.0466 e. The van der Waals surface area contributed by atoms with Crippen LogP contribution in [0.1, 0.15) is 52.4 Å². The Morgan fingerprint density at radius 1 is 1.11 bits per heavy atom. The lowest BCUT2D eigenvalue weighted by atomic mass is 9.98. The molecule has 1 atom stereocenters. The van der Waals surface area contributed by atoms with E-state index in [0.29, 0.717) is 0 Å². The summed E-state index contributed by atoms with van der Waals surface area (Å²) < 4.78 is 5.33. The third-order valence-corrected chi connectivity index (χ3v) is 4.22. The average Bonchev–Trinajstić information content (AvgIpc) is 2.67. The van der Waals surface area contributed by atoms with Crippen LogP contribution in [0, 0.1) is 5.92 Å². The highest BCUT2D eigenvalue weighted by atomic mass is 16.5. The Bertz CT molecular complexity index is 199. The lowest BCUT2D eigenvalue weighted by molar-refractivity contribution is 0.143. The van der Waals surface area contributed by atoms with Gasteiger partial charge in [-0.05, 0) is 64.6 Å². The summed E-state index contributed by atoms with van der Waals surface area (Å²) in [5, 5.41) is 3.56. The van der Waals surface area contributed by atoms with E-state index in [1.54, 1.807) is 0 Å². The van der Waals surface area contributed by atoms with E-state index in [2.05, 4.69) is 24.1 Å². The van der Waals surface area contributed by atoms with Crippen molar-refractivity contribution in [3.8, 4) is 0 Å². The van der Waals surface area contributed by atoms with Crippen molar-refractivity contribution in [1.82, 2.24) is 10.2 Å². The second kappa shape index (κ2) is 11.7. The first-order chi connectivity index (χ1) is 9.36. The van der Waals surface area contributed by atoms with Gasteiger partial charge in [0.05, 0.1) is 0 Å². The predicted octanol–water partition coefficient (Wildman–Crippen LogP) is 2.90. The number of likely N-dealkylation sites (tertiary alicyclic amines) is 1. The second-order valence-corrected chi connectivity index (χ2v) is 5.70. The molecule has 0 aliphatic carbocycles. The van der Waals surface area contributed by atoms with E-state index in [1.807, 2.05) is 0 Å². The molecule has 0 bridgehead atoms. The Morgan fingerprint density at radius 2 is 2.00 bits per heavy atom. The minimum Gasteiger partial charge on any atom is -0.382 e. The van der Waals surface area contributed by atoms with Gasteiger partial charge in [0, 0.05) is 26.3 Å². The van der Waals surface area contributed by atoms with Crippen molar-refractivity contribution in [3.63, 3.8) is 0 Å². The van der Waals surface area contributed by atoms with Crippen molar-refractivity contribution in [1.29, 1.82) is 0 Å². The molecule has 0 aromatic rings. The smallest absolute Gasteiger partial charge is 0.0466 e. The Morgan fingerprint density at radius 3 is 2.79 bits per heavy atom. The van der Waals surface area contributed by atoms with Crippen LogP contribution in [0.25, 0.3) is 0 Å². The normalized spacial score (nSPS) is 21.5. The highest BCUT2D eigenvalue weighted by Gasteiger charge is 2.14. The molecule has 0 radical (unpaired) electrons. The van der Waals surface area contributed by atoms with Gasteiger partial charge >= 0.3 is 0 Å². The fourth-order valence-corrected chi connectivity index (χ4v) is 2.82. The van der Waals surface area contributed by atoms with E-state index in [9.17, 15) is 0 Å². The van der Waals surface area contributed by atoms with Crippen molar-refractivity contribution >= 4 is 0 Å². The SMILES string of the molecule is CCOCCCCNCCN1CCCC(CC)CC1. The van der Waals surface area contributed by atoms with Crippen LogP contribution in [0.2, 0.25) is 0 Å². The number of ether oxygens (including phenoxy) is 1. The van der Waals surface area contributed by atoms with E-state index >= 15 is 0 Å². The lowest BCUT2D eigenvalue weighted by Gasteiger charge is -2.20. The Labute approximate surface area is 120 Å². The summed E-state index contributed by atoms with van der Waals surface area (Å²) in [7, 11) is 0. The van der Waals surface area contributed by atoms with E-state index < -0.39 is 0 Å². The lowest BCUT2D eigenvalue weighted by Crippen LogP contribution is -2.33. The summed E-state index contributed by atoms with van der Waals surface area (Å²) in [6.45, 7) is 12.3. The van der Waals surface area contributed by atoms with Crippen molar-refractivity contribution in [3.05, 3.63) is 0 Å². The highest BCUT2D eigenvalue weighted by Crippen LogP contribution is 2.19. The average molecular weight is 270 g/mol. The Balaban J connectivity index is 1.91. The first kappa shape index (κ1) is 16.9. The van der Waals surface area contributed by atoms with E-state index in [0.717, 1.165) is 32.2 Å². The zero-order valence-electron chi connectivity index (χ0n) is 13.1. The Hall–Kier alpha value is -0.120. The first-order valence-electron chi connectivity index (χ1n) is 8.37. The molecule has 1 aliphatic heterocycles. The maximum atomic E-state index is 5.33. The zero-order chi connectivity index (χ0) is 13.8. The van der Waals surface area contributed by atoms with Gasteiger partial charge in [0.2, 0.25) is 0 Å². The molecule has 1 N–H and O–H groups in total. The maximum absolute atomic E-state index is 5.33. The molecule has 1 fully saturated rings. The third kappa shape index (κ3) is 8.61. The van der Waals surface area contributed by atoms with Crippen LogP contribution in [0.3, 0.4) is 0 Å². The summed E-state index contributed by atoms with van der Waals surface area (Å²) in [6, 6.07) is 0. The summed E-state index contributed by atoms with van der Waals surface area (Å²) in [5.41, 5.74) is 0. The minimum atomic E-state index is 0.848. The van der Waals surface area contributed by atoms with Crippen molar-refractivity contribution < 1.29 is 4.74 Å². The number of unbranched alkanes of at least 4 members (excludes halogenated alkanes) is 1. The van der Waals surface area contributed by atoms with Crippen molar-refractivity contribution in [2.45, 2.75) is 52.4 Å². The first-order valence-corrected chi connectivity index (χ1v) is 8.37. The van der Waals surface area contributed by atoms with Gasteiger partial charge in [-0.1, -0.05) is 13.3 Å². The number of nitrogens with one attached hydrogen (secondary N) is 1. The molecule has 3 heteroatoms. The minimum absolute atomic E-state index is 0.848. The van der Waals surface area contributed by atoms with Crippen LogP contribution < -0.4 is 5.32 Å². The van der Waals surface area contributed by atoms with Gasteiger partial charge in [0.1, 0.15) is 0 Å². The quantitative estimate of drug-likeness (QED) is 0.618. The van der Waals surface area contributed by atoms with Gasteiger partial charge < -0.3 is 15.0 Å². The molecule has 0 saturated carbocycles. The van der Waals surface area contributed by atoms with Gasteiger partial charge in [-0.15, -0.1) is 0 Å². The summed E-state index contributed by atoms with van der Waals surface area (Å²) in [5.74, 6) is 0.983. The molecular formula is C16H34N2O. The fraction of sp³-hybridized carbons (Fsp3) is 1.00. The number of hydrogen-bond donors (Lipinski definition) is 1. The molecule has 0 amide bonds. The monoisotopic (exact) mass is 270 g/mol. The molecule has 0 aromatic carbocycles. The third-order valence-electron chi connectivity index (χ3n) is 4.22. The molecule has 19 heavy (non-hydrogen) atoms. The van der Waals surface area contributed by atoms with Crippen LogP contribution in [0.15, 0.2) is 0 Å². The number of nitrogens with zero attached hydrogens (tertiary/aromatic N) is 1. The number of rotatable bonds is 10. The standard InChI is InChI=1S/C16H34N2O/c1-3-16-8-7-12-18(13-9-16)14-11-17-10-5-6-15-19-4-2/h16-17H,3-15H2,1-2H3. The molecule has 3 nitrogen and oxygen atoms in total. The largest absolute Gasteiger partial charge is 0.382 e. The molecule has 114 valence electrons. The highest BCUT2D eigenvalue weighted by molar-refractivity contribution is 4.69. The zero-order valence-corrected chi connectivity index (χ0v) is 13.1. The molecule has 1 unspecified atom stereocenters. The topological polar surface area (TPSA) is 24.5 Å². The Kier molecular flexibility index (Phi) is 10.4. The summed E-state index contributed by atoms with van der Waals surface area (Å²) >= 11 is 0. The van der Waals surface area contributed by atoms with Crippen LogP contribution in [0.5, 0.6) is 0 Å². The van der Waals surface area contributed by atoms with Gasteiger partial charge in [0.15, 0.2) is 0 Å². The van der Waals surface area contributed by atoms with Crippen LogP contribution in [-0.2, 0) is 4.74 Å². The molecule has 0 spiro atoms. The van der Waals surface area contributed by atoms with Crippen LogP contribution in [0.4, 0.5) is 0 Å². The van der Waals surface area contributed by atoms with E-state index in [-0.39, 0.29) is 0 Å². The predicted molar refractivity (Wildman–Crippen MR) is 82.7 cm³/mol. The molecule has 1 heterocycles. The molecular weight excluding hydrogens is 236 g/mol. The second-order valence-electron chi connectivity index (χ2n) is 5.70. The van der Waals surface area contributed by atoms with Gasteiger partial charge in [-0.3, -0.25) is 0 Å². The van der Waals surface area contributed by atoms with E-state index in [4.69, 9.17) is 4.74 Å². The van der Waals surface area contributed by atoms with E-state index in [1.165, 1.54) is 58.2 Å². The molecule has 1 rings (SSSR count). The van der Waals surface area contributed by atoms with Crippen LogP contribution >= 0.6 is 0 Å². The van der Waals surface area contributed by atoms with Crippen molar-refractivity contribution in [2.24, 2.45) is 5.92 Å². The van der Waals surface area contributed by atoms with Gasteiger partial charge in [-0.25, -0.2) is 0 Å². The number of hydrogen-bond acceptors (Lipinski definition) is 3. The summed E-state index contributed by atoms with van der Waals surface area (Å²) in [6.07, 6.45) is 8.03. The van der Waals surface area contributed by atoms with Crippen LogP contribution in [-0.4, -0.2) is 50.8 Å².